The van der Waals surface area contributed by atoms with Gasteiger partial charge in [0.1, 0.15) is 11.9 Å². The first-order valence-corrected chi connectivity index (χ1v) is 5.43. The Kier molecular flexibility index (Phi) is 3.67. The Labute approximate surface area is 93.1 Å². The van der Waals surface area contributed by atoms with E-state index in [0.717, 1.165) is 10.8 Å². The van der Waals surface area contributed by atoms with Gasteiger partial charge in [0.2, 0.25) is 0 Å². The summed E-state index contributed by atoms with van der Waals surface area (Å²) < 4.78 is 6.44. The predicted molar refractivity (Wildman–Crippen MR) is 60.3 cm³/mol. The van der Waals surface area contributed by atoms with Gasteiger partial charge in [0, 0.05) is 11.6 Å². The zero-order chi connectivity index (χ0) is 10.8. The summed E-state index contributed by atoms with van der Waals surface area (Å²) in [7, 11) is 1.65. The van der Waals surface area contributed by atoms with E-state index < -0.39 is 5.60 Å². The first kappa shape index (κ1) is 11.7. The van der Waals surface area contributed by atoms with Gasteiger partial charge in [-0.1, -0.05) is 41.9 Å². The molecule has 1 rings (SSSR count). The Balaban J connectivity index is 3.08. The molecule has 0 saturated heterocycles. The van der Waals surface area contributed by atoms with E-state index in [2.05, 4.69) is 29.8 Å². The number of hydrogen-bond acceptors (Lipinski definition) is 2. The summed E-state index contributed by atoms with van der Waals surface area (Å²) >= 11 is 3.36. The Bertz CT molecular complexity index is 281. The van der Waals surface area contributed by atoms with E-state index >= 15 is 0 Å². The van der Waals surface area contributed by atoms with Gasteiger partial charge in [-0.3, -0.25) is 0 Å². The molecular weight excluding hydrogens is 244 g/mol. The lowest BCUT2D eigenvalue weighted by Crippen LogP contribution is -2.44. The number of allylic oxidation sites excluding steroid dienone is 2. The maximum absolute atomic E-state index is 11.0. The van der Waals surface area contributed by atoms with Gasteiger partial charge in [0.05, 0.1) is 5.92 Å². The van der Waals surface area contributed by atoms with Crippen molar-refractivity contribution in [2.24, 2.45) is 11.8 Å². The van der Waals surface area contributed by atoms with Crippen LogP contribution in [-0.2, 0) is 9.53 Å². The highest BCUT2D eigenvalue weighted by molar-refractivity contribution is 9.11. The van der Waals surface area contributed by atoms with Gasteiger partial charge in [-0.05, 0) is 12.0 Å². The molecular formula is C11H15BrO2. The number of methoxy groups -OCH3 is 1. The lowest BCUT2D eigenvalue weighted by atomic mass is 9.76. The maximum Gasteiger partial charge on any atom is 0.130 e. The van der Waals surface area contributed by atoms with Crippen molar-refractivity contribution in [3.63, 3.8) is 0 Å². The maximum atomic E-state index is 11.0. The lowest BCUT2D eigenvalue weighted by Gasteiger charge is -2.38. The molecule has 0 amide bonds. The van der Waals surface area contributed by atoms with Gasteiger partial charge in [0.25, 0.3) is 0 Å². The fraction of sp³-hybridized carbons (Fsp3) is 0.545. The van der Waals surface area contributed by atoms with Crippen LogP contribution in [0.4, 0.5) is 0 Å². The fourth-order valence-corrected chi connectivity index (χ4v) is 2.26. The molecule has 78 valence electrons. The van der Waals surface area contributed by atoms with Crippen LogP contribution in [0.15, 0.2) is 22.7 Å². The summed E-state index contributed by atoms with van der Waals surface area (Å²) in [5, 5.41) is 0. The highest BCUT2D eigenvalue weighted by atomic mass is 79.9. The standard InChI is InChI=1S/C11H15BrO2/c1-8(2)11(14-3)5-4-10(12)6-9(11)7-13/h4-9H,1-3H3. The monoisotopic (exact) mass is 258 g/mol. The molecule has 1 aliphatic carbocycles. The topological polar surface area (TPSA) is 26.3 Å². The molecule has 0 fully saturated rings. The quantitative estimate of drug-likeness (QED) is 0.728. The van der Waals surface area contributed by atoms with Crippen molar-refractivity contribution in [3.8, 4) is 0 Å². The smallest absolute Gasteiger partial charge is 0.130 e. The summed E-state index contributed by atoms with van der Waals surface area (Å²) in [4.78, 5) is 11.0. The second kappa shape index (κ2) is 4.41. The predicted octanol–water partition coefficient (Wildman–Crippen LogP) is 2.69. The third-order valence-electron chi connectivity index (χ3n) is 2.77. The molecule has 0 aliphatic heterocycles. The zero-order valence-corrected chi connectivity index (χ0v) is 10.2. The highest BCUT2D eigenvalue weighted by Gasteiger charge is 2.40. The third-order valence-corrected chi connectivity index (χ3v) is 3.29. The number of carbonyl (C=O) groups is 1. The highest BCUT2D eigenvalue weighted by Crippen LogP contribution is 2.36. The first-order valence-electron chi connectivity index (χ1n) is 4.64. The van der Waals surface area contributed by atoms with E-state index in [1.807, 2.05) is 18.2 Å². The molecule has 0 aromatic rings. The lowest BCUT2D eigenvalue weighted by molar-refractivity contribution is -0.119. The fourth-order valence-electron chi connectivity index (χ4n) is 1.84. The Morgan fingerprint density at radius 1 is 1.64 bits per heavy atom. The zero-order valence-electron chi connectivity index (χ0n) is 8.66. The first-order chi connectivity index (χ1) is 6.56. The normalized spacial score (nSPS) is 31.8. The number of carbonyl (C=O) groups excluding carboxylic acids is 1. The van der Waals surface area contributed by atoms with Crippen molar-refractivity contribution in [1.29, 1.82) is 0 Å². The molecule has 0 heterocycles. The Hall–Kier alpha value is -0.410. The van der Waals surface area contributed by atoms with Crippen molar-refractivity contribution >= 4 is 22.2 Å². The third kappa shape index (κ3) is 1.84. The molecule has 0 bridgehead atoms. The van der Waals surface area contributed by atoms with Crippen LogP contribution < -0.4 is 0 Å². The minimum Gasteiger partial charge on any atom is -0.373 e. The second-order valence-electron chi connectivity index (χ2n) is 3.76. The van der Waals surface area contributed by atoms with Crippen LogP contribution in [0.25, 0.3) is 0 Å². The summed E-state index contributed by atoms with van der Waals surface area (Å²) in [5.41, 5.74) is -0.487. The molecule has 0 N–H and O–H groups in total. The molecule has 0 aromatic heterocycles. The molecule has 14 heavy (non-hydrogen) atoms. The van der Waals surface area contributed by atoms with Gasteiger partial charge >= 0.3 is 0 Å². The summed E-state index contributed by atoms with van der Waals surface area (Å²) in [5.74, 6) is 0.0441. The van der Waals surface area contributed by atoms with Crippen molar-refractivity contribution in [1.82, 2.24) is 0 Å². The van der Waals surface area contributed by atoms with E-state index in [0.29, 0.717) is 0 Å². The molecule has 0 aromatic carbocycles. The van der Waals surface area contributed by atoms with Crippen molar-refractivity contribution in [2.45, 2.75) is 19.4 Å². The number of hydrogen-bond donors (Lipinski definition) is 0. The van der Waals surface area contributed by atoms with Gasteiger partial charge in [-0.2, -0.15) is 0 Å². The van der Waals surface area contributed by atoms with Crippen LogP contribution in [0.5, 0.6) is 0 Å². The van der Waals surface area contributed by atoms with Crippen LogP contribution in [0.2, 0.25) is 0 Å². The van der Waals surface area contributed by atoms with Crippen LogP contribution in [0.3, 0.4) is 0 Å². The van der Waals surface area contributed by atoms with Gasteiger partial charge in [-0.15, -0.1) is 0 Å². The van der Waals surface area contributed by atoms with Crippen molar-refractivity contribution in [3.05, 3.63) is 22.7 Å². The number of aldehydes is 1. The number of halogens is 1. The van der Waals surface area contributed by atoms with Crippen LogP contribution in [0, 0.1) is 11.8 Å². The SMILES string of the molecule is COC1(C(C)C)C=CC(Br)=CC1C=O. The van der Waals surface area contributed by atoms with E-state index in [1.54, 1.807) is 7.11 Å². The Morgan fingerprint density at radius 2 is 2.29 bits per heavy atom. The second-order valence-corrected chi connectivity index (χ2v) is 4.67. The van der Waals surface area contributed by atoms with E-state index in [9.17, 15) is 4.79 Å². The molecule has 1 aliphatic rings. The number of ether oxygens (including phenoxy) is 1. The van der Waals surface area contributed by atoms with Crippen LogP contribution in [0.1, 0.15) is 13.8 Å². The van der Waals surface area contributed by atoms with Crippen molar-refractivity contribution in [2.75, 3.05) is 7.11 Å². The molecule has 0 saturated carbocycles. The Morgan fingerprint density at radius 3 is 2.71 bits per heavy atom. The molecule has 0 spiro atoms. The summed E-state index contributed by atoms with van der Waals surface area (Å²) in [6, 6.07) is 0. The van der Waals surface area contributed by atoms with Crippen molar-refractivity contribution < 1.29 is 9.53 Å². The van der Waals surface area contributed by atoms with E-state index in [1.165, 1.54) is 0 Å². The van der Waals surface area contributed by atoms with E-state index in [4.69, 9.17) is 4.74 Å². The van der Waals surface area contributed by atoms with Gasteiger partial charge in [0.15, 0.2) is 0 Å². The summed E-state index contributed by atoms with van der Waals surface area (Å²) in [6.07, 6.45) is 6.72. The largest absolute Gasteiger partial charge is 0.373 e. The van der Waals surface area contributed by atoms with Crippen LogP contribution >= 0.6 is 15.9 Å². The molecule has 0 radical (unpaired) electrons. The minimum atomic E-state index is -0.487. The average molecular weight is 259 g/mol. The molecule has 2 unspecified atom stereocenters. The van der Waals surface area contributed by atoms with Gasteiger partial charge < -0.3 is 9.53 Å². The molecule has 2 nitrogen and oxygen atoms in total. The average Bonchev–Trinajstić information content (AvgIpc) is 2.17. The molecule has 3 heteroatoms. The minimum absolute atomic E-state index is 0.216. The summed E-state index contributed by atoms with van der Waals surface area (Å²) in [6.45, 7) is 4.11. The van der Waals surface area contributed by atoms with Crippen LogP contribution in [-0.4, -0.2) is 19.0 Å². The number of rotatable bonds is 3. The van der Waals surface area contributed by atoms with E-state index in [-0.39, 0.29) is 11.8 Å². The van der Waals surface area contributed by atoms with Gasteiger partial charge in [-0.25, -0.2) is 0 Å². The molecule has 2 atom stereocenters.